The second-order valence-corrected chi connectivity index (χ2v) is 8.53. The van der Waals surface area contributed by atoms with Gasteiger partial charge < -0.3 is 19.6 Å². The van der Waals surface area contributed by atoms with Crippen LogP contribution in [-0.4, -0.2) is 34.1 Å². The summed E-state index contributed by atoms with van der Waals surface area (Å²) in [7, 11) is 0. The molecule has 0 saturated carbocycles. The molecule has 2 aromatic heterocycles. The summed E-state index contributed by atoms with van der Waals surface area (Å²) in [5.74, 6) is -0.816. The van der Waals surface area contributed by atoms with Gasteiger partial charge in [-0.05, 0) is 48.4 Å². The summed E-state index contributed by atoms with van der Waals surface area (Å²) in [5.41, 5.74) is 4.87. The molecule has 6 nitrogen and oxygen atoms in total. The highest BCUT2D eigenvalue weighted by molar-refractivity contribution is 6.10. The summed E-state index contributed by atoms with van der Waals surface area (Å²) in [6, 6.07) is 28.6. The van der Waals surface area contributed by atoms with Crippen LogP contribution in [0, 0.1) is 0 Å². The molecule has 180 valence electrons. The summed E-state index contributed by atoms with van der Waals surface area (Å²) >= 11 is 0. The van der Waals surface area contributed by atoms with E-state index in [4.69, 9.17) is 4.74 Å². The van der Waals surface area contributed by atoms with Gasteiger partial charge in [-0.25, -0.2) is 4.79 Å². The van der Waals surface area contributed by atoms with E-state index < -0.39 is 12.0 Å². The molecule has 0 aliphatic heterocycles. The van der Waals surface area contributed by atoms with Crippen LogP contribution in [0.5, 0.6) is 0 Å². The Balaban J connectivity index is 1.55. The number of esters is 1. The van der Waals surface area contributed by atoms with E-state index in [1.54, 1.807) is 6.92 Å². The Hall–Kier alpha value is -4.58. The van der Waals surface area contributed by atoms with Crippen molar-refractivity contribution in [3.8, 4) is 16.8 Å². The van der Waals surface area contributed by atoms with Crippen LogP contribution in [0.15, 0.2) is 103 Å². The van der Waals surface area contributed by atoms with Gasteiger partial charge in [0.2, 0.25) is 0 Å². The van der Waals surface area contributed by atoms with E-state index in [-0.39, 0.29) is 12.5 Å². The first-order valence-corrected chi connectivity index (χ1v) is 12.0. The molecule has 0 spiro atoms. The number of hydrogen-bond acceptors (Lipinski definition) is 3. The molecule has 0 radical (unpaired) electrons. The van der Waals surface area contributed by atoms with Gasteiger partial charge in [-0.3, -0.25) is 4.79 Å². The quantitative estimate of drug-likeness (QED) is 0.289. The first kappa shape index (κ1) is 23.2. The van der Waals surface area contributed by atoms with Crippen LogP contribution in [0.4, 0.5) is 0 Å². The SMILES string of the molecule is CCOC(=O)[C@H](Cc1ccccc1)NC(=O)c1[nH]c2ccc(-n3cccc3)cc2c1-c1ccccc1. The minimum Gasteiger partial charge on any atom is -0.464 e. The van der Waals surface area contributed by atoms with E-state index in [9.17, 15) is 9.59 Å². The van der Waals surface area contributed by atoms with Gasteiger partial charge in [0.25, 0.3) is 5.91 Å². The zero-order valence-electron chi connectivity index (χ0n) is 20.0. The molecule has 6 heteroatoms. The van der Waals surface area contributed by atoms with Crippen molar-refractivity contribution in [3.05, 3.63) is 115 Å². The number of benzene rings is 3. The molecule has 0 saturated heterocycles. The molecule has 5 aromatic rings. The summed E-state index contributed by atoms with van der Waals surface area (Å²) in [5, 5.41) is 3.85. The fourth-order valence-electron chi connectivity index (χ4n) is 4.44. The van der Waals surface area contributed by atoms with Crippen LogP contribution < -0.4 is 5.32 Å². The lowest BCUT2D eigenvalue weighted by Gasteiger charge is -2.17. The second kappa shape index (κ2) is 10.4. The fraction of sp³-hybridized carbons (Fsp3) is 0.133. The maximum Gasteiger partial charge on any atom is 0.328 e. The van der Waals surface area contributed by atoms with E-state index >= 15 is 0 Å². The number of H-pyrrole nitrogens is 1. The van der Waals surface area contributed by atoms with Crippen LogP contribution in [0.1, 0.15) is 23.0 Å². The Bertz CT molecular complexity index is 1470. The average molecular weight is 478 g/mol. The third kappa shape index (κ3) is 4.79. The van der Waals surface area contributed by atoms with Gasteiger partial charge in [-0.2, -0.15) is 0 Å². The third-order valence-electron chi connectivity index (χ3n) is 6.13. The number of carbonyl (C=O) groups is 2. The number of hydrogen-bond donors (Lipinski definition) is 2. The van der Waals surface area contributed by atoms with Crippen molar-refractivity contribution >= 4 is 22.8 Å². The minimum absolute atomic E-state index is 0.240. The molecule has 2 heterocycles. The number of nitrogens with one attached hydrogen (secondary N) is 2. The van der Waals surface area contributed by atoms with Gasteiger partial charge in [0.05, 0.1) is 6.61 Å². The molecular weight excluding hydrogens is 450 g/mol. The third-order valence-corrected chi connectivity index (χ3v) is 6.13. The van der Waals surface area contributed by atoms with Gasteiger partial charge in [0, 0.05) is 41.0 Å². The van der Waals surface area contributed by atoms with Gasteiger partial charge >= 0.3 is 5.97 Å². The molecule has 0 aliphatic rings. The molecular formula is C30H27N3O3. The highest BCUT2D eigenvalue weighted by atomic mass is 16.5. The van der Waals surface area contributed by atoms with Crippen molar-refractivity contribution in [1.29, 1.82) is 0 Å². The molecule has 5 rings (SSSR count). The highest BCUT2D eigenvalue weighted by Gasteiger charge is 2.26. The lowest BCUT2D eigenvalue weighted by molar-refractivity contribution is -0.145. The summed E-state index contributed by atoms with van der Waals surface area (Å²) < 4.78 is 7.30. The Morgan fingerprint density at radius 1 is 0.917 bits per heavy atom. The molecule has 3 aromatic carbocycles. The van der Waals surface area contributed by atoms with Crippen molar-refractivity contribution in [1.82, 2.24) is 14.9 Å². The molecule has 0 fully saturated rings. The summed E-state index contributed by atoms with van der Waals surface area (Å²) in [6.07, 6.45) is 4.30. The number of fused-ring (bicyclic) bond motifs is 1. The number of aromatic nitrogens is 2. The van der Waals surface area contributed by atoms with Gasteiger partial charge in [-0.15, -0.1) is 0 Å². The number of amides is 1. The van der Waals surface area contributed by atoms with Crippen molar-refractivity contribution in [2.75, 3.05) is 6.61 Å². The fourth-order valence-corrected chi connectivity index (χ4v) is 4.44. The predicted octanol–water partition coefficient (Wildman–Crippen LogP) is 5.53. The smallest absolute Gasteiger partial charge is 0.328 e. The first-order valence-electron chi connectivity index (χ1n) is 12.0. The van der Waals surface area contributed by atoms with Gasteiger partial charge in [0.1, 0.15) is 11.7 Å². The normalized spacial score (nSPS) is 11.8. The molecule has 1 atom stereocenters. The minimum atomic E-state index is -0.815. The highest BCUT2D eigenvalue weighted by Crippen LogP contribution is 2.34. The van der Waals surface area contributed by atoms with E-state index in [1.807, 2.05) is 102 Å². The van der Waals surface area contributed by atoms with Crippen LogP contribution in [-0.2, 0) is 16.0 Å². The molecule has 0 unspecified atom stereocenters. The van der Waals surface area contributed by atoms with Gasteiger partial charge in [-0.1, -0.05) is 60.7 Å². The van der Waals surface area contributed by atoms with Crippen molar-refractivity contribution in [2.24, 2.45) is 0 Å². The number of carbonyl (C=O) groups excluding carboxylic acids is 2. The Labute approximate surface area is 209 Å². The number of nitrogens with zero attached hydrogens (tertiary/aromatic N) is 1. The van der Waals surface area contributed by atoms with Crippen molar-refractivity contribution in [2.45, 2.75) is 19.4 Å². The van der Waals surface area contributed by atoms with E-state index in [1.165, 1.54) is 0 Å². The Morgan fingerprint density at radius 3 is 2.31 bits per heavy atom. The standard InChI is InChI=1S/C30H27N3O3/c1-2-36-30(35)26(19-21-11-5-3-6-12-21)32-29(34)28-27(22-13-7-4-8-14-22)24-20-23(15-16-25(24)31-28)33-17-9-10-18-33/h3-18,20,26,31H,2,19H2,1H3,(H,32,34)/t26-/m0/s1. The number of rotatable bonds is 8. The maximum atomic E-state index is 13.7. The van der Waals surface area contributed by atoms with Crippen LogP contribution in [0.3, 0.4) is 0 Å². The zero-order valence-corrected chi connectivity index (χ0v) is 20.0. The summed E-state index contributed by atoms with van der Waals surface area (Å²) in [6.45, 7) is 2.00. The van der Waals surface area contributed by atoms with Gasteiger partial charge in [0.15, 0.2) is 0 Å². The molecule has 1 amide bonds. The average Bonchev–Trinajstić information content (AvgIpc) is 3.58. The van der Waals surface area contributed by atoms with E-state index in [2.05, 4.69) is 16.4 Å². The number of ether oxygens (including phenoxy) is 1. The van der Waals surface area contributed by atoms with E-state index in [0.29, 0.717) is 12.1 Å². The lowest BCUT2D eigenvalue weighted by atomic mass is 10.0. The van der Waals surface area contributed by atoms with E-state index in [0.717, 1.165) is 33.3 Å². The van der Waals surface area contributed by atoms with Crippen LogP contribution >= 0.6 is 0 Å². The Kier molecular flexibility index (Phi) is 6.67. The first-order chi connectivity index (χ1) is 17.6. The molecule has 2 N–H and O–H groups in total. The monoisotopic (exact) mass is 477 g/mol. The molecule has 0 aliphatic carbocycles. The topological polar surface area (TPSA) is 76.1 Å². The second-order valence-electron chi connectivity index (χ2n) is 8.53. The lowest BCUT2D eigenvalue weighted by Crippen LogP contribution is -2.43. The van der Waals surface area contributed by atoms with Crippen molar-refractivity contribution in [3.63, 3.8) is 0 Å². The summed E-state index contributed by atoms with van der Waals surface area (Å²) in [4.78, 5) is 29.7. The Morgan fingerprint density at radius 2 is 1.61 bits per heavy atom. The largest absolute Gasteiger partial charge is 0.464 e. The number of aromatic amines is 1. The van der Waals surface area contributed by atoms with Crippen LogP contribution in [0.25, 0.3) is 27.7 Å². The van der Waals surface area contributed by atoms with Crippen molar-refractivity contribution < 1.29 is 14.3 Å². The maximum absolute atomic E-state index is 13.7. The van der Waals surface area contributed by atoms with Crippen LogP contribution in [0.2, 0.25) is 0 Å². The predicted molar refractivity (Wildman–Crippen MR) is 141 cm³/mol. The molecule has 36 heavy (non-hydrogen) atoms. The molecule has 0 bridgehead atoms. The zero-order chi connectivity index (χ0) is 24.9.